The van der Waals surface area contributed by atoms with E-state index in [1.807, 2.05) is 13.2 Å². The molecule has 0 saturated carbocycles. The molecule has 0 aliphatic carbocycles. The normalized spacial score (nSPS) is 12.2. The molecule has 4 N–H and O–H groups in total. The summed E-state index contributed by atoms with van der Waals surface area (Å²) in [4.78, 5) is 23.6. The number of amides is 1. The van der Waals surface area contributed by atoms with E-state index in [1.54, 1.807) is 0 Å². The van der Waals surface area contributed by atoms with Gasteiger partial charge in [-0.1, -0.05) is 0 Å². The number of carbonyl (C=O) groups is 1. The number of nitrogens with zero attached hydrogens (tertiary/aromatic N) is 1. The van der Waals surface area contributed by atoms with Crippen LogP contribution in [0.2, 0.25) is 0 Å². The summed E-state index contributed by atoms with van der Waals surface area (Å²) in [6, 6.07) is -0.474. The predicted octanol–water partition coefficient (Wildman–Crippen LogP) is -0.599. The van der Waals surface area contributed by atoms with Crippen molar-refractivity contribution in [2.75, 3.05) is 19.6 Å². The van der Waals surface area contributed by atoms with E-state index in [2.05, 4.69) is 0 Å². The van der Waals surface area contributed by atoms with Crippen molar-refractivity contribution in [3.05, 3.63) is 0 Å². The van der Waals surface area contributed by atoms with Crippen molar-refractivity contribution in [2.45, 2.75) is 32.2 Å². The summed E-state index contributed by atoms with van der Waals surface area (Å²) in [5, 5.41) is 0. The van der Waals surface area contributed by atoms with Crippen molar-refractivity contribution in [2.24, 2.45) is 11.5 Å². The van der Waals surface area contributed by atoms with E-state index in [-0.39, 0.29) is 12.5 Å². The minimum atomic E-state index is -0.474. The second-order valence-electron chi connectivity index (χ2n) is 3.30. The van der Waals surface area contributed by atoms with Gasteiger partial charge >= 0.3 is 0 Å². The summed E-state index contributed by atoms with van der Waals surface area (Å²) < 4.78 is 0. The molecule has 5 nitrogen and oxygen atoms in total. The molecule has 0 spiro atoms. The zero-order valence-corrected chi connectivity index (χ0v) is 9.24. The highest BCUT2D eigenvalue weighted by Crippen LogP contribution is 2.06. The number of hydrogen-bond acceptors (Lipinski definition) is 4. The van der Waals surface area contributed by atoms with Gasteiger partial charge in [0.05, 0.1) is 12.6 Å². The van der Waals surface area contributed by atoms with Crippen molar-refractivity contribution in [1.82, 2.24) is 4.90 Å². The fourth-order valence-corrected chi connectivity index (χ4v) is 1.45. The molecular formula is C10H20N3O2. The summed E-state index contributed by atoms with van der Waals surface area (Å²) in [7, 11) is 0. The Morgan fingerprint density at radius 2 is 2.07 bits per heavy atom. The first kappa shape index (κ1) is 14.1. The lowest BCUT2D eigenvalue weighted by atomic mass is 10.1. The van der Waals surface area contributed by atoms with Crippen LogP contribution in [0.1, 0.15) is 26.2 Å². The van der Waals surface area contributed by atoms with Gasteiger partial charge in [-0.2, -0.15) is 0 Å². The molecule has 0 aromatic rings. The molecule has 0 unspecified atom stereocenters. The predicted molar refractivity (Wildman–Crippen MR) is 58.8 cm³/mol. The van der Waals surface area contributed by atoms with Gasteiger partial charge in [-0.25, -0.2) is 0 Å². The maximum atomic E-state index is 11.4. The molecule has 0 rings (SSSR count). The van der Waals surface area contributed by atoms with Gasteiger partial charge in [0, 0.05) is 6.54 Å². The Morgan fingerprint density at radius 3 is 2.47 bits per heavy atom. The number of likely N-dealkylation sites (N-methyl/N-ethyl adjacent to an activating group) is 1. The molecule has 0 aromatic carbocycles. The average Bonchev–Trinajstić information content (AvgIpc) is 2.27. The van der Waals surface area contributed by atoms with Gasteiger partial charge in [-0.05, 0) is 32.7 Å². The fraction of sp³-hybridized carbons (Fsp3) is 0.800. The Balaban J connectivity index is 4.20. The van der Waals surface area contributed by atoms with E-state index in [1.165, 1.54) is 4.90 Å². The quantitative estimate of drug-likeness (QED) is 0.528. The van der Waals surface area contributed by atoms with Crippen molar-refractivity contribution in [3.8, 4) is 0 Å². The largest absolute Gasteiger partial charge is 0.331 e. The maximum absolute atomic E-state index is 11.4. The highest BCUT2D eigenvalue weighted by molar-refractivity contribution is 5.81. The Kier molecular flexibility index (Phi) is 7.85. The molecule has 87 valence electrons. The Hall–Kier alpha value is -0.940. The van der Waals surface area contributed by atoms with Crippen LogP contribution in [0.4, 0.5) is 0 Å². The van der Waals surface area contributed by atoms with E-state index in [0.29, 0.717) is 19.5 Å². The van der Waals surface area contributed by atoms with Crippen LogP contribution in [-0.2, 0) is 9.59 Å². The summed E-state index contributed by atoms with van der Waals surface area (Å²) in [6.07, 6.45) is 4.18. The second-order valence-corrected chi connectivity index (χ2v) is 3.30. The summed E-state index contributed by atoms with van der Waals surface area (Å²) in [6.45, 7) is 2.84. The van der Waals surface area contributed by atoms with Gasteiger partial charge in [-0.15, -0.1) is 0 Å². The van der Waals surface area contributed by atoms with Crippen LogP contribution in [0.5, 0.6) is 0 Å². The molecule has 0 aliphatic rings. The number of hydrogen-bond donors (Lipinski definition) is 2. The standard InChI is InChI=1S/C10H20N3O2/c1-2-13(10(15)7-12)9(8-14)5-3-4-6-11/h9H,2-7,11-12H2,1H3/t9-/m0/s1. The lowest BCUT2D eigenvalue weighted by Crippen LogP contribution is -2.44. The molecule has 0 fully saturated rings. The van der Waals surface area contributed by atoms with E-state index < -0.39 is 6.04 Å². The van der Waals surface area contributed by atoms with Gasteiger partial charge in [0.15, 0.2) is 0 Å². The first-order chi connectivity index (χ1) is 7.21. The minimum absolute atomic E-state index is 0.0666. The molecule has 5 heteroatoms. The molecule has 0 aromatic heterocycles. The molecule has 0 bridgehead atoms. The first-order valence-corrected chi connectivity index (χ1v) is 5.28. The van der Waals surface area contributed by atoms with Crippen molar-refractivity contribution < 1.29 is 9.59 Å². The van der Waals surface area contributed by atoms with Crippen molar-refractivity contribution >= 4 is 12.2 Å². The number of unbranched alkanes of at least 4 members (excludes halogenated alkanes) is 1. The van der Waals surface area contributed by atoms with Gasteiger partial charge in [0.2, 0.25) is 12.2 Å². The van der Waals surface area contributed by atoms with Crippen molar-refractivity contribution in [1.29, 1.82) is 0 Å². The second kappa shape index (κ2) is 8.38. The zero-order valence-electron chi connectivity index (χ0n) is 9.24. The van der Waals surface area contributed by atoms with E-state index in [0.717, 1.165) is 12.8 Å². The zero-order chi connectivity index (χ0) is 11.7. The van der Waals surface area contributed by atoms with E-state index >= 15 is 0 Å². The molecule has 0 heterocycles. The Labute approximate surface area is 90.8 Å². The number of carbonyl (C=O) groups excluding carboxylic acids is 2. The average molecular weight is 214 g/mol. The van der Waals surface area contributed by atoms with Gasteiger partial charge < -0.3 is 16.4 Å². The van der Waals surface area contributed by atoms with Crippen LogP contribution in [-0.4, -0.2) is 42.8 Å². The number of rotatable bonds is 8. The number of nitrogens with two attached hydrogens (primary N) is 2. The minimum Gasteiger partial charge on any atom is -0.331 e. The van der Waals surface area contributed by atoms with Crippen LogP contribution in [0.15, 0.2) is 0 Å². The molecule has 15 heavy (non-hydrogen) atoms. The van der Waals surface area contributed by atoms with Crippen LogP contribution < -0.4 is 11.5 Å². The van der Waals surface area contributed by atoms with Crippen LogP contribution in [0, 0.1) is 0 Å². The van der Waals surface area contributed by atoms with Crippen LogP contribution in [0.3, 0.4) is 0 Å². The van der Waals surface area contributed by atoms with Crippen molar-refractivity contribution in [3.63, 3.8) is 0 Å². The summed E-state index contributed by atoms with van der Waals surface area (Å²) >= 11 is 0. The Bertz CT molecular complexity index is 197. The monoisotopic (exact) mass is 214 g/mol. The molecule has 1 radical (unpaired) electrons. The highest BCUT2D eigenvalue weighted by Gasteiger charge is 2.20. The van der Waals surface area contributed by atoms with Gasteiger partial charge in [-0.3, -0.25) is 9.59 Å². The third-order valence-electron chi connectivity index (χ3n) is 2.28. The molecule has 1 atom stereocenters. The smallest absolute Gasteiger partial charge is 0.236 e. The van der Waals surface area contributed by atoms with E-state index in [4.69, 9.17) is 11.5 Å². The van der Waals surface area contributed by atoms with Crippen LogP contribution >= 0.6 is 0 Å². The summed E-state index contributed by atoms with van der Waals surface area (Å²) in [5.74, 6) is -0.210. The van der Waals surface area contributed by atoms with E-state index in [9.17, 15) is 9.59 Å². The highest BCUT2D eigenvalue weighted by atomic mass is 16.2. The third kappa shape index (κ3) is 4.90. The molecule has 0 saturated heterocycles. The first-order valence-electron chi connectivity index (χ1n) is 5.28. The maximum Gasteiger partial charge on any atom is 0.236 e. The van der Waals surface area contributed by atoms with Crippen LogP contribution in [0.25, 0.3) is 0 Å². The SMILES string of the molecule is CCN(C(=O)CN)[C@H]([C]=O)CCCCN. The third-order valence-corrected chi connectivity index (χ3v) is 2.28. The lowest BCUT2D eigenvalue weighted by Gasteiger charge is -2.25. The lowest BCUT2D eigenvalue weighted by molar-refractivity contribution is -0.130. The van der Waals surface area contributed by atoms with Gasteiger partial charge in [0.1, 0.15) is 0 Å². The summed E-state index contributed by atoms with van der Waals surface area (Å²) in [5.41, 5.74) is 10.6. The van der Waals surface area contributed by atoms with Gasteiger partial charge in [0.25, 0.3) is 0 Å². The molecular weight excluding hydrogens is 194 g/mol. The topological polar surface area (TPSA) is 89.4 Å². The molecule has 1 amide bonds. The fourth-order valence-electron chi connectivity index (χ4n) is 1.45. The Morgan fingerprint density at radius 1 is 1.40 bits per heavy atom. The molecule has 0 aliphatic heterocycles.